The fraction of sp³-hybridized carbons (Fsp3) is 0.914. The second-order valence-corrected chi connectivity index (χ2v) is 20.6. The van der Waals surface area contributed by atoms with E-state index >= 15 is 0 Å². The molecule has 0 saturated carbocycles. The van der Waals surface area contributed by atoms with Gasteiger partial charge in [0.15, 0.2) is 6.29 Å². The number of hydrogen-bond donors (Lipinski definition) is 7. The first-order valence-corrected chi connectivity index (χ1v) is 29.2. The summed E-state index contributed by atoms with van der Waals surface area (Å²) in [5.74, 6) is -0.621. The Balaban J connectivity index is 2.21. The molecule has 0 aliphatic carbocycles. The molecule has 8 atom stereocenters. The number of nitrogens with one attached hydrogen (secondary N) is 1. The zero-order valence-electron chi connectivity index (χ0n) is 44.2. The van der Waals surface area contributed by atoms with Gasteiger partial charge in [-0.25, -0.2) is 0 Å². The number of hydrogen-bond acceptors (Lipinski definition) is 9. The van der Waals surface area contributed by atoms with E-state index in [1.807, 2.05) is 6.08 Å². The van der Waals surface area contributed by atoms with Gasteiger partial charge < -0.3 is 45.4 Å². The average molecular weight is 967 g/mol. The number of allylic oxidation sites excluding steroid dienone is 3. The summed E-state index contributed by atoms with van der Waals surface area (Å²) >= 11 is 0. The molecule has 0 spiro atoms. The smallest absolute Gasteiger partial charge is 0.249 e. The highest BCUT2D eigenvalue weighted by Crippen LogP contribution is 2.23. The lowest BCUT2D eigenvalue weighted by Crippen LogP contribution is -2.60. The largest absolute Gasteiger partial charge is 0.394 e. The Morgan fingerprint density at radius 3 is 1.28 bits per heavy atom. The van der Waals surface area contributed by atoms with Crippen molar-refractivity contribution in [3.63, 3.8) is 0 Å². The van der Waals surface area contributed by atoms with Gasteiger partial charge in [-0.1, -0.05) is 269 Å². The molecule has 8 unspecified atom stereocenters. The predicted molar refractivity (Wildman–Crippen MR) is 283 cm³/mol. The number of rotatable bonds is 50. The van der Waals surface area contributed by atoms with Gasteiger partial charge in [-0.05, 0) is 32.1 Å². The van der Waals surface area contributed by atoms with Crippen LogP contribution in [0.4, 0.5) is 0 Å². The summed E-state index contributed by atoms with van der Waals surface area (Å²) in [6.07, 6.45) is 50.1. The minimum atomic E-state index is -1.61. The van der Waals surface area contributed by atoms with Crippen LogP contribution in [0.3, 0.4) is 0 Å². The third kappa shape index (κ3) is 36.5. The summed E-state index contributed by atoms with van der Waals surface area (Å²) in [5.41, 5.74) is 0. The lowest BCUT2D eigenvalue weighted by atomic mass is 9.99. The van der Waals surface area contributed by atoms with Crippen molar-refractivity contribution in [2.45, 2.75) is 326 Å². The monoisotopic (exact) mass is 966 g/mol. The molecule has 0 aromatic rings. The highest BCUT2D eigenvalue weighted by molar-refractivity contribution is 5.80. The van der Waals surface area contributed by atoms with Gasteiger partial charge in [0.1, 0.15) is 30.5 Å². The van der Waals surface area contributed by atoms with E-state index in [1.165, 1.54) is 212 Å². The van der Waals surface area contributed by atoms with Crippen LogP contribution in [0, 0.1) is 0 Å². The van der Waals surface area contributed by atoms with Crippen molar-refractivity contribution < 1.29 is 44.9 Å². The number of aliphatic hydroxyl groups is 6. The van der Waals surface area contributed by atoms with Gasteiger partial charge in [0, 0.05) is 0 Å². The Hall–Kier alpha value is -1.37. The predicted octanol–water partition coefficient (Wildman–Crippen LogP) is 13.2. The molecule has 10 heteroatoms. The molecule has 1 rings (SSSR count). The second kappa shape index (κ2) is 47.9. The van der Waals surface area contributed by atoms with Crippen LogP contribution in [0.25, 0.3) is 0 Å². The van der Waals surface area contributed by atoms with Crippen LogP contribution in [-0.4, -0.2) is 98.7 Å². The van der Waals surface area contributed by atoms with Crippen LogP contribution in [0.1, 0.15) is 277 Å². The lowest BCUT2D eigenvalue weighted by Gasteiger charge is -2.40. The van der Waals surface area contributed by atoms with E-state index in [0.717, 1.165) is 38.5 Å². The van der Waals surface area contributed by atoms with E-state index in [-0.39, 0.29) is 6.61 Å². The summed E-state index contributed by atoms with van der Waals surface area (Å²) < 4.78 is 11.2. The fourth-order valence-corrected chi connectivity index (χ4v) is 9.42. The molecule has 1 saturated heterocycles. The van der Waals surface area contributed by atoms with Crippen LogP contribution >= 0.6 is 0 Å². The average Bonchev–Trinajstić information content (AvgIpc) is 3.34. The van der Waals surface area contributed by atoms with Crippen molar-refractivity contribution in [2.75, 3.05) is 13.2 Å². The zero-order chi connectivity index (χ0) is 49.6. The highest BCUT2D eigenvalue weighted by Gasteiger charge is 2.44. The second-order valence-electron chi connectivity index (χ2n) is 20.6. The molecule has 402 valence electrons. The Morgan fingerprint density at radius 2 is 0.868 bits per heavy atom. The normalized spacial score (nSPS) is 20.1. The van der Waals surface area contributed by atoms with E-state index in [2.05, 4.69) is 31.3 Å². The molecule has 0 bridgehead atoms. The molecular formula is C58H111NO9. The number of carbonyl (C=O) groups excluding carboxylic acids is 1. The lowest BCUT2D eigenvalue weighted by molar-refractivity contribution is -0.302. The van der Waals surface area contributed by atoms with Crippen molar-refractivity contribution in [1.82, 2.24) is 5.32 Å². The summed E-state index contributed by atoms with van der Waals surface area (Å²) in [4.78, 5) is 13.1. The maximum atomic E-state index is 13.1. The number of unbranched alkanes of at least 4 members (excludes halogenated alkanes) is 37. The third-order valence-electron chi connectivity index (χ3n) is 14.1. The minimum absolute atomic E-state index is 0.308. The first kappa shape index (κ1) is 64.6. The van der Waals surface area contributed by atoms with Crippen LogP contribution in [0.5, 0.6) is 0 Å². The van der Waals surface area contributed by atoms with E-state index in [0.29, 0.717) is 12.8 Å². The molecular weight excluding hydrogens is 855 g/mol. The molecule has 0 aromatic heterocycles. The highest BCUT2D eigenvalue weighted by atomic mass is 16.7. The first-order valence-electron chi connectivity index (χ1n) is 29.2. The van der Waals surface area contributed by atoms with Gasteiger partial charge in [0.2, 0.25) is 5.91 Å². The van der Waals surface area contributed by atoms with Crippen LogP contribution < -0.4 is 5.32 Å². The summed E-state index contributed by atoms with van der Waals surface area (Å²) in [7, 11) is 0. The molecule has 0 aromatic carbocycles. The van der Waals surface area contributed by atoms with E-state index in [4.69, 9.17) is 9.47 Å². The van der Waals surface area contributed by atoms with Crippen molar-refractivity contribution >= 4 is 5.91 Å². The topological polar surface area (TPSA) is 169 Å². The summed E-state index contributed by atoms with van der Waals surface area (Å²) in [5, 5.41) is 64.9. The molecule has 1 fully saturated rings. The van der Waals surface area contributed by atoms with Crippen molar-refractivity contribution in [1.29, 1.82) is 0 Å². The Morgan fingerprint density at radius 1 is 0.500 bits per heavy atom. The SMILES string of the molecule is CCCCCCCCCCC/C=C/CC/C=C/C(O)C(COC1OC(CO)C(O)C(O)C1O)NC(=O)C(O)CCCCCCCCCCCCCCCCCCCCCCCCCCCCCC. The van der Waals surface area contributed by atoms with Gasteiger partial charge in [-0.2, -0.15) is 0 Å². The Bertz CT molecular complexity index is 1140. The fourth-order valence-electron chi connectivity index (χ4n) is 9.42. The third-order valence-corrected chi connectivity index (χ3v) is 14.1. The van der Waals surface area contributed by atoms with Crippen LogP contribution in [0.15, 0.2) is 24.3 Å². The first-order chi connectivity index (χ1) is 33.3. The maximum absolute atomic E-state index is 13.1. The van der Waals surface area contributed by atoms with E-state index in [9.17, 15) is 35.4 Å². The molecule has 1 aliphatic rings. The van der Waals surface area contributed by atoms with Gasteiger partial charge in [-0.3, -0.25) is 4.79 Å². The van der Waals surface area contributed by atoms with E-state index < -0.39 is 61.5 Å². The Kier molecular flexibility index (Phi) is 45.6. The van der Waals surface area contributed by atoms with Crippen LogP contribution in [0.2, 0.25) is 0 Å². The summed E-state index contributed by atoms with van der Waals surface area (Å²) in [6.45, 7) is 3.62. The molecule has 10 nitrogen and oxygen atoms in total. The molecule has 7 N–H and O–H groups in total. The maximum Gasteiger partial charge on any atom is 0.249 e. The molecule has 0 radical (unpaired) electrons. The van der Waals surface area contributed by atoms with Gasteiger partial charge in [0.25, 0.3) is 0 Å². The summed E-state index contributed by atoms with van der Waals surface area (Å²) in [6, 6.07) is -0.994. The number of amides is 1. The van der Waals surface area contributed by atoms with Gasteiger partial charge in [0.05, 0.1) is 25.4 Å². The molecule has 1 heterocycles. The van der Waals surface area contributed by atoms with Crippen molar-refractivity contribution in [3.8, 4) is 0 Å². The van der Waals surface area contributed by atoms with Gasteiger partial charge >= 0.3 is 0 Å². The molecule has 68 heavy (non-hydrogen) atoms. The minimum Gasteiger partial charge on any atom is -0.394 e. The molecule has 1 aliphatic heterocycles. The standard InChI is InChI=1S/C58H111NO9/c1-3-5-7-9-11-13-15-17-19-20-21-22-23-24-25-26-27-28-29-30-31-33-35-37-39-41-43-45-47-52(62)57(66)59-50(49-67-58-56(65)55(64)54(63)53(48-60)68-58)51(61)46-44-42-40-38-36-34-32-18-16-14-12-10-8-6-4-2/h36,38,44,46,50-56,58,60-65H,3-35,37,39-43,45,47-49H2,1-2H3,(H,59,66)/b38-36+,46-44+. The zero-order valence-corrected chi connectivity index (χ0v) is 44.2. The number of aliphatic hydroxyl groups excluding tert-OH is 6. The van der Waals surface area contributed by atoms with Crippen LogP contribution in [-0.2, 0) is 14.3 Å². The quantitative estimate of drug-likeness (QED) is 0.0232. The van der Waals surface area contributed by atoms with E-state index in [1.54, 1.807) is 6.08 Å². The Labute approximate surface area is 418 Å². The van der Waals surface area contributed by atoms with Gasteiger partial charge in [-0.15, -0.1) is 0 Å². The molecule has 1 amide bonds. The van der Waals surface area contributed by atoms with Crippen molar-refractivity contribution in [3.05, 3.63) is 24.3 Å². The number of carbonyl (C=O) groups is 1. The number of ether oxygens (including phenoxy) is 2. The van der Waals surface area contributed by atoms with Crippen molar-refractivity contribution in [2.24, 2.45) is 0 Å².